The summed E-state index contributed by atoms with van der Waals surface area (Å²) in [6.07, 6.45) is 6.00. The second-order valence-corrected chi connectivity index (χ2v) is 3.76. The van der Waals surface area contributed by atoms with Crippen LogP contribution in [0.1, 0.15) is 17.9 Å². The Morgan fingerprint density at radius 3 is 3.08 bits per heavy atom. The van der Waals surface area contributed by atoms with E-state index in [1.807, 2.05) is 12.1 Å². The number of ether oxygens (including phenoxy) is 1. The van der Waals surface area contributed by atoms with Crippen molar-refractivity contribution in [3.63, 3.8) is 0 Å². The highest BCUT2D eigenvalue weighted by molar-refractivity contribution is 7.10. The SMILES string of the molecule is CC1=CC(c2cccs2)OC=C1. The van der Waals surface area contributed by atoms with Gasteiger partial charge >= 0.3 is 0 Å². The zero-order valence-electron chi connectivity index (χ0n) is 6.86. The molecule has 1 aliphatic rings. The third-order valence-corrected chi connectivity index (χ3v) is 2.73. The van der Waals surface area contributed by atoms with Crippen LogP contribution >= 0.6 is 11.3 Å². The Hall–Kier alpha value is -1.02. The van der Waals surface area contributed by atoms with Crippen LogP contribution in [0.4, 0.5) is 0 Å². The molecule has 2 heterocycles. The van der Waals surface area contributed by atoms with E-state index < -0.39 is 0 Å². The minimum absolute atomic E-state index is 0.134. The summed E-state index contributed by atoms with van der Waals surface area (Å²) < 4.78 is 5.45. The third kappa shape index (κ3) is 1.43. The number of thiophene rings is 1. The second-order valence-electron chi connectivity index (χ2n) is 2.79. The molecule has 1 aromatic rings. The maximum atomic E-state index is 5.45. The molecular weight excluding hydrogens is 168 g/mol. The zero-order chi connectivity index (χ0) is 8.39. The normalized spacial score (nSPS) is 21.8. The predicted molar refractivity (Wildman–Crippen MR) is 51.0 cm³/mol. The first-order valence-corrected chi connectivity index (χ1v) is 4.78. The van der Waals surface area contributed by atoms with Crippen LogP contribution in [0.5, 0.6) is 0 Å². The highest BCUT2D eigenvalue weighted by Gasteiger charge is 2.11. The van der Waals surface area contributed by atoms with E-state index >= 15 is 0 Å². The molecule has 62 valence electrons. The Labute approximate surface area is 76.0 Å². The highest BCUT2D eigenvalue weighted by Crippen LogP contribution is 2.27. The maximum Gasteiger partial charge on any atom is 0.151 e. The molecule has 1 aromatic heterocycles. The average Bonchev–Trinajstić information content (AvgIpc) is 2.56. The molecular formula is C10H10OS. The lowest BCUT2D eigenvalue weighted by atomic mass is 10.1. The molecule has 1 nitrogen and oxygen atoms in total. The van der Waals surface area contributed by atoms with E-state index in [9.17, 15) is 0 Å². The van der Waals surface area contributed by atoms with Gasteiger partial charge in [-0.05, 0) is 36.1 Å². The molecule has 2 rings (SSSR count). The largest absolute Gasteiger partial charge is 0.488 e. The van der Waals surface area contributed by atoms with Crippen LogP contribution in [-0.4, -0.2) is 0 Å². The molecule has 0 spiro atoms. The van der Waals surface area contributed by atoms with Gasteiger partial charge in [0.2, 0.25) is 0 Å². The molecule has 0 aromatic carbocycles. The topological polar surface area (TPSA) is 9.23 Å². The van der Waals surface area contributed by atoms with E-state index in [-0.39, 0.29) is 6.10 Å². The van der Waals surface area contributed by atoms with Crippen molar-refractivity contribution in [2.75, 3.05) is 0 Å². The van der Waals surface area contributed by atoms with Crippen LogP contribution in [0.2, 0.25) is 0 Å². The van der Waals surface area contributed by atoms with Crippen molar-refractivity contribution in [3.05, 3.63) is 46.4 Å². The molecule has 0 aliphatic carbocycles. The lowest BCUT2D eigenvalue weighted by Gasteiger charge is -2.14. The second kappa shape index (κ2) is 3.15. The number of rotatable bonds is 1. The molecule has 0 amide bonds. The van der Waals surface area contributed by atoms with Crippen molar-refractivity contribution in [1.29, 1.82) is 0 Å². The molecule has 0 radical (unpaired) electrons. The van der Waals surface area contributed by atoms with Gasteiger partial charge in [-0.25, -0.2) is 0 Å². The number of hydrogen-bond donors (Lipinski definition) is 0. The van der Waals surface area contributed by atoms with Gasteiger partial charge in [-0.2, -0.15) is 0 Å². The van der Waals surface area contributed by atoms with Crippen molar-refractivity contribution in [1.82, 2.24) is 0 Å². The lowest BCUT2D eigenvalue weighted by Crippen LogP contribution is -1.98. The fourth-order valence-electron chi connectivity index (χ4n) is 1.17. The van der Waals surface area contributed by atoms with Crippen LogP contribution in [0.15, 0.2) is 41.5 Å². The van der Waals surface area contributed by atoms with E-state index in [2.05, 4.69) is 24.4 Å². The van der Waals surface area contributed by atoms with E-state index in [4.69, 9.17) is 4.74 Å². The van der Waals surface area contributed by atoms with Crippen LogP contribution in [0.3, 0.4) is 0 Å². The van der Waals surface area contributed by atoms with E-state index in [1.54, 1.807) is 17.6 Å². The maximum absolute atomic E-state index is 5.45. The van der Waals surface area contributed by atoms with E-state index in [0.29, 0.717) is 0 Å². The first-order valence-electron chi connectivity index (χ1n) is 3.90. The Balaban J connectivity index is 2.22. The van der Waals surface area contributed by atoms with Crippen LogP contribution in [0.25, 0.3) is 0 Å². The van der Waals surface area contributed by atoms with Crippen molar-refractivity contribution < 1.29 is 4.74 Å². The molecule has 1 aliphatic heterocycles. The van der Waals surface area contributed by atoms with Crippen molar-refractivity contribution >= 4 is 11.3 Å². The predicted octanol–water partition coefficient (Wildman–Crippen LogP) is 3.28. The van der Waals surface area contributed by atoms with Gasteiger partial charge in [0.05, 0.1) is 6.26 Å². The Morgan fingerprint density at radius 2 is 2.42 bits per heavy atom. The lowest BCUT2D eigenvalue weighted by molar-refractivity contribution is 0.188. The molecule has 0 saturated carbocycles. The van der Waals surface area contributed by atoms with Crippen molar-refractivity contribution in [2.24, 2.45) is 0 Å². The summed E-state index contributed by atoms with van der Waals surface area (Å²) in [4.78, 5) is 1.26. The third-order valence-electron chi connectivity index (χ3n) is 1.79. The summed E-state index contributed by atoms with van der Waals surface area (Å²) in [5.74, 6) is 0. The summed E-state index contributed by atoms with van der Waals surface area (Å²) in [7, 11) is 0. The Bertz CT molecular complexity index is 309. The Morgan fingerprint density at radius 1 is 1.50 bits per heavy atom. The van der Waals surface area contributed by atoms with Gasteiger partial charge in [0.1, 0.15) is 0 Å². The minimum atomic E-state index is 0.134. The summed E-state index contributed by atoms with van der Waals surface area (Å²) >= 11 is 1.73. The molecule has 0 N–H and O–H groups in total. The quantitative estimate of drug-likeness (QED) is 0.641. The van der Waals surface area contributed by atoms with Crippen molar-refractivity contribution in [2.45, 2.75) is 13.0 Å². The molecule has 1 unspecified atom stereocenters. The van der Waals surface area contributed by atoms with Gasteiger partial charge in [-0.1, -0.05) is 6.07 Å². The number of allylic oxidation sites excluding steroid dienone is 2. The fraction of sp³-hybridized carbons (Fsp3) is 0.200. The molecule has 12 heavy (non-hydrogen) atoms. The van der Waals surface area contributed by atoms with Gasteiger partial charge in [0.25, 0.3) is 0 Å². The molecule has 2 heteroatoms. The first kappa shape index (κ1) is 7.62. The number of hydrogen-bond acceptors (Lipinski definition) is 2. The van der Waals surface area contributed by atoms with Gasteiger partial charge in [-0.15, -0.1) is 11.3 Å². The summed E-state index contributed by atoms with van der Waals surface area (Å²) in [5.41, 5.74) is 1.26. The summed E-state index contributed by atoms with van der Waals surface area (Å²) in [6.45, 7) is 2.08. The van der Waals surface area contributed by atoms with E-state index in [1.165, 1.54) is 10.5 Å². The van der Waals surface area contributed by atoms with Crippen LogP contribution < -0.4 is 0 Å². The zero-order valence-corrected chi connectivity index (χ0v) is 7.67. The van der Waals surface area contributed by atoms with Crippen LogP contribution in [-0.2, 0) is 4.74 Å². The Kier molecular flexibility index (Phi) is 2.00. The van der Waals surface area contributed by atoms with Gasteiger partial charge in [0, 0.05) is 4.88 Å². The molecule has 0 fully saturated rings. The monoisotopic (exact) mass is 178 g/mol. The smallest absolute Gasteiger partial charge is 0.151 e. The van der Waals surface area contributed by atoms with E-state index in [0.717, 1.165) is 0 Å². The molecule has 0 saturated heterocycles. The van der Waals surface area contributed by atoms with Crippen molar-refractivity contribution in [3.8, 4) is 0 Å². The molecule has 1 atom stereocenters. The average molecular weight is 178 g/mol. The summed E-state index contributed by atoms with van der Waals surface area (Å²) in [6, 6.07) is 4.14. The molecule has 0 bridgehead atoms. The van der Waals surface area contributed by atoms with Gasteiger partial charge < -0.3 is 4.74 Å². The minimum Gasteiger partial charge on any atom is -0.488 e. The first-order chi connectivity index (χ1) is 5.86. The van der Waals surface area contributed by atoms with Gasteiger partial charge in [0.15, 0.2) is 6.10 Å². The highest BCUT2D eigenvalue weighted by atomic mass is 32.1. The van der Waals surface area contributed by atoms with Gasteiger partial charge in [-0.3, -0.25) is 0 Å². The summed E-state index contributed by atoms with van der Waals surface area (Å²) in [5, 5.41) is 2.07. The standard InChI is InChI=1S/C10H10OS/c1-8-4-5-11-9(7-8)10-3-2-6-12-10/h2-7,9H,1H3. The van der Waals surface area contributed by atoms with Crippen LogP contribution in [0, 0.1) is 0 Å². The fourth-order valence-corrected chi connectivity index (χ4v) is 1.90.